The van der Waals surface area contributed by atoms with Crippen LogP contribution in [0.15, 0.2) is 79.1 Å². The molecule has 4 aromatic rings. The monoisotopic (exact) mass is 472 g/mol. The maximum Gasteiger partial charge on any atom is 0.251 e. The molecule has 7 nitrogen and oxygen atoms in total. The normalized spacial score (nSPS) is 12.9. The molecule has 0 spiro atoms. The maximum atomic E-state index is 13.2. The molecule has 0 aliphatic carbocycles. The third-order valence-corrected chi connectivity index (χ3v) is 6.12. The molecule has 0 aliphatic rings. The van der Waals surface area contributed by atoms with Crippen molar-refractivity contribution in [2.45, 2.75) is 38.6 Å². The van der Waals surface area contributed by atoms with Crippen molar-refractivity contribution in [3.05, 3.63) is 95.8 Å². The Hall–Kier alpha value is -3.68. The Morgan fingerprint density at radius 2 is 1.86 bits per heavy atom. The average molecular weight is 473 g/mol. The number of hydrogen-bond donors (Lipinski definition) is 3. The summed E-state index contributed by atoms with van der Waals surface area (Å²) in [4.78, 5) is 17.6. The van der Waals surface area contributed by atoms with E-state index in [9.17, 15) is 9.90 Å². The molecule has 1 amide bonds. The van der Waals surface area contributed by atoms with Crippen LogP contribution < -0.4 is 15.4 Å². The molecular formula is C28H32N4O3. The molecule has 0 saturated heterocycles. The summed E-state index contributed by atoms with van der Waals surface area (Å²) < 4.78 is 7.28. The van der Waals surface area contributed by atoms with Gasteiger partial charge in [0.25, 0.3) is 5.91 Å². The minimum atomic E-state index is -0.783. The predicted molar refractivity (Wildman–Crippen MR) is 138 cm³/mol. The van der Waals surface area contributed by atoms with Gasteiger partial charge in [-0.15, -0.1) is 0 Å². The van der Waals surface area contributed by atoms with Gasteiger partial charge in [-0.1, -0.05) is 42.5 Å². The number of carbonyl (C=O) groups is 1. The molecule has 4 rings (SSSR count). The molecule has 182 valence electrons. The average Bonchev–Trinajstić information content (AvgIpc) is 3.31. The van der Waals surface area contributed by atoms with Gasteiger partial charge in [-0.3, -0.25) is 4.79 Å². The van der Waals surface area contributed by atoms with E-state index in [1.165, 1.54) is 0 Å². The van der Waals surface area contributed by atoms with Crippen molar-refractivity contribution in [3.63, 3.8) is 0 Å². The Bertz CT molecular complexity index is 1260. The van der Waals surface area contributed by atoms with Gasteiger partial charge in [-0.2, -0.15) is 0 Å². The van der Waals surface area contributed by atoms with Crippen molar-refractivity contribution >= 4 is 16.9 Å². The van der Waals surface area contributed by atoms with E-state index < -0.39 is 12.1 Å². The van der Waals surface area contributed by atoms with Crippen molar-refractivity contribution in [1.29, 1.82) is 0 Å². The zero-order valence-electron chi connectivity index (χ0n) is 20.1. The molecule has 0 radical (unpaired) electrons. The quantitative estimate of drug-likeness (QED) is 0.311. The molecule has 3 aromatic carbocycles. The number of benzene rings is 3. The summed E-state index contributed by atoms with van der Waals surface area (Å²) in [5.74, 6) is 0.573. The van der Waals surface area contributed by atoms with Crippen LogP contribution in [0.4, 0.5) is 0 Å². The zero-order valence-corrected chi connectivity index (χ0v) is 20.1. The van der Waals surface area contributed by atoms with E-state index in [0.717, 1.165) is 34.5 Å². The first-order chi connectivity index (χ1) is 17.1. The molecule has 35 heavy (non-hydrogen) atoms. The van der Waals surface area contributed by atoms with Crippen molar-refractivity contribution in [2.75, 3.05) is 13.7 Å². The summed E-state index contributed by atoms with van der Waals surface area (Å²) in [7, 11) is 1.64. The third kappa shape index (κ3) is 6.26. The fourth-order valence-corrected chi connectivity index (χ4v) is 4.14. The van der Waals surface area contributed by atoms with Crippen LogP contribution in [0.25, 0.3) is 11.0 Å². The van der Waals surface area contributed by atoms with Gasteiger partial charge in [0.15, 0.2) is 0 Å². The van der Waals surface area contributed by atoms with Gasteiger partial charge in [0, 0.05) is 25.2 Å². The summed E-state index contributed by atoms with van der Waals surface area (Å²) in [6.07, 6.45) is 1.51. The smallest absolute Gasteiger partial charge is 0.251 e. The molecule has 0 saturated carbocycles. The summed E-state index contributed by atoms with van der Waals surface area (Å²) in [5.41, 5.74) is 4.42. The number of rotatable bonds is 11. The molecule has 0 bridgehead atoms. The van der Waals surface area contributed by atoms with Gasteiger partial charge in [-0.05, 0) is 54.8 Å². The minimum absolute atomic E-state index is 0.219. The Kier molecular flexibility index (Phi) is 8.13. The van der Waals surface area contributed by atoms with Crippen LogP contribution in [0, 0.1) is 0 Å². The number of aliphatic hydroxyl groups is 1. The van der Waals surface area contributed by atoms with Crippen molar-refractivity contribution in [1.82, 2.24) is 20.2 Å². The fourth-order valence-electron chi connectivity index (χ4n) is 4.14. The van der Waals surface area contributed by atoms with E-state index in [4.69, 9.17) is 4.74 Å². The fraction of sp³-hybridized carbons (Fsp3) is 0.286. The molecule has 2 atom stereocenters. The van der Waals surface area contributed by atoms with E-state index in [0.29, 0.717) is 25.1 Å². The van der Waals surface area contributed by atoms with Crippen molar-refractivity contribution in [2.24, 2.45) is 0 Å². The molecule has 0 aliphatic heterocycles. The molecule has 3 N–H and O–H groups in total. The predicted octanol–water partition coefficient (Wildman–Crippen LogP) is 3.56. The van der Waals surface area contributed by atoms with Crippen LogP contribution in [0.3, 0.4) is 0 Å². The molecule has 7 heteroatoms. The number of imidazole rings is 1. The molecule has 0 unspecified atom stereocenters. The van der Waals surface area contributed by atoms with E-state index in [1.807, 2.05) is 78.2 Å². The second kappa shape index (κ2) is 11.6. The van der Waals surface area contributed by atoms with E-state index in [-0.39, 0.29) is 5.91 Å². The number of aromatic nitrogens is 2. The van der Waals surface area contributed by atoms with Crippen LogP contribution in [-0.2, 0) is 19.5 Å². The lowest BCUT2D eigenvalue weighted by atomic mass is 10.00. The standard InChI is InChI=1S/C28H32N4O3/c1-3-32-19-30-24-13-12-22(16-26(24)32)28(34)31-25(15-20-8-5-4-6-9-20)27(33)18-29-17-21-10-7-11-23(14-21)35-2/h4-14,16,19,25,27,29,33H,3,15,17-18H2,1-2H3,(H,31,34)/t25-,27+/m0/s1. The minimum Gasteiger partial charge on any atom is -0.497 e. The zero-order chi connectivity index (χ0) is 24.6. The number of nitrogens with zero attached hydrogens (tertiary/aromatic N) is 2. The first-order valence-electron chi connectivity index (χ1n) is 11.9. The van der Waals surface area contributed by atoms with E-state index in [1.54, 1.807) is 19.5 Å². The highest BCUT2D eigenvalue weighted by molar-refractivity contribution is 5.97. The van der Waals surface area contributed by atoms with Gasteiger partial charge in [0.1, 0.15) is 5.75 Å². The number of methoxy groups -OCH3 is 1. The summed E-state index contributed by atoms with van der Waals surface area (Å²) >= 11 is 0. The second-order valence-electron chi connectivity index (χ2n) is 8.55. The largest absolute Gasteiger partial charge is 0.497 e. The Morgan fingerprint density at radius 3 is 2.63 bits per heavy atom. The molecular weight excluding hydrogens is 440 g/mol. The Labute approximate surface area is 205 Å². The number of nitrogens with one attached hydrogen (secondary N) is 2. The number of amides is 1. The van der Waals surface area contributed by atoms with Crippen LogP contribution in [-0.4, -0.2) is 46.4 Å². The number of fused-ring (bicyclic) bond motifs is 1. The molecule has 0 fully saturated rings. The number of hydrogen-bond acceptors (Lipinski definition) is 5. The highest BCUT2D eigenvalue weighted by Gasteiger charge is 2.23. The van der Waals surface area contributed by atoms with Crippen LogP contribution in [0.5, 0.6) is 5.75 Å². The summed E-state index contributed by atoms with van der Waals surface area (Å²) in [6.45, 7) is 3.73. The number of carbonyl (C=O) groups excluding carboxylic acids is 1. The lowest BCUT2D eigenvalue weighted by molar-refractivity contribution is 0.0830. The Balaban J connectivity index is 1.46. The molecule has 1 aromatic heterocycles. The second-order valence-corrected chi connectivity index (χ2v) is 8.55. The summed E-state index contributed by atoms with van der Waals surface area (Å²) in [5, 5.41) is 17.4. The van der Waals surface area contributed by atoms with Gasteiger partial charge in [0.2, 0.25) is 0 Å². The molecule has 1 heterocycles. The van der Waals surface area contributed by atoms with Crippen LogP contribution in [0.1, 0.15) is 28.4 Å². The van der Waals surface area contributed by atoms with E-state index in [2.05, 4.69) is 15.6 Å². The van der Waals surface area contributed by atoms with Gasteiger partial charge >= 0.3 is 0 Å². The van der Waals surface area contributed by atoms with E-state index >= 15 is 0 Å². The van der Waals surface area contributed by atoms with Gasteiger partial charge < -0.3 is 25.0 Å². The highest BCUT2D eigenvalue weighted by atomic mass is 16.5. The lowest BCUT2D eigenvalue weighted by Gasteiger charge is -2.25. The topological polar surface area (TPSA) is 88.4 Å². The van der Waals surface area contributed by atoms with Crippen LogP contribution in [0.2, 0.25) is 0 Å². The first kappa shape index (κ1) is 24.4. The van der Waals surface area contributed by atoms with Crippen molar-refractivity contribution in [3.8, 4) is 5.75 Å². The number of aryl methyl sites for hydroxylation is 1. The SMILES string of the molecule is CCn1cnc2ccc(C(=O)N[C@@H](Cc3ccccc3)[C@H](O)CNCc3cccc(OC)c3)cc21. The first-order valence-corrected chi connectivity index (χ1v) is 11.9. The maximum absolute atomic E-state index is 13.2. The number of aliphatic hydroxyl groups excluding tert-OH is 1. The Morgan fingerprint density at radius 1 is 1.06 bits per heavy atom. The third-order valence-electron chi connectivity index (χ3n) is 6.12. The highest BCUT2D eigenvalue weighted by Crippen LogP contribution is 2.16. The van der Waals surface area contributed by atoms with Gasteiger partial charge in [0.05, 0.1) is 36.6 Å². The van der Waals surface area contributed by atoms with Gasteiger partial charge in [-0.25, -0.2) is 4.98 Å². The summed E-state index contributed by atoms with van der Waals surface area (Å²) in [6, 6.07) is 22.7. The number of ether oxygens (including phenoxy) is 1. The van der Waals surface area contributed by atoms with Crippen molar-refractivity contribution < 1.29 is 14.6 Å². The van der Waals surface area contributed by atoms with Crippen LogP contribution >= 0.6 is 0 Å². The lowest BCUT2D eigenvalue weighted by Crippen LogP contribution is -2.48.